The molecule has 4 rings (SSSR count). The van der Waals surface area contributed by atoms with Gasteiger partial charge in [0.1, 0.15) is 25.4 Å². The molecule has 28 heavy (non-hydrogen) atoms. The van der Waals surface area contributed by atoms with Gasteiger partial charge in [-0.15, -0.1) is 0 Å². The van der Waals surface area contributed by atoms with E-state index < -0.39 is 12.2 Å². The Morgan fingerprint density at radius 3 is 2.75 bits per heavy atom. The first kappa shape index (κ1) is 18.9. The number of piperidine rings is 1. The maximum absolute atomic E-state index is 12.6. The van der Waals surface area contributed by atoms with Crippen molar-refractivity contribution in [3.63, 3.8) is 0 Å². The third kappa shape index (κ3) is 4.18. The number of fused-ring (bicyclic) bond motifs is 1. The number of carbonyl (C=O) groups excluding carboxylic acids is 1. The molecular formula is C21H22ClNO5. The highest BCUT2D eigenvalue weighted by atomic mass is 35.5. The maximum atomic E-state index is 12.6. The largest absolute Gasteiger partial charge is 0.486 e. The van der Waals surface area contributed by atoms with Crippen molar-refractivity contribution in [2.45, 2.75) is 25.0 Å². The molecule has 6 nitrogen and oxygen atoms in total. The number of benzene rings is 2. The minimum Gasteiger partial charge on any atom is -0.486 e. The number of β-amino-alcohol motifs (C(OH)–C–C–N with tert-alkyl or cyclic N) is 1. The fourth-order valence-electron chi connectivity index (χ4n) is 3.47. The Hall–Kier alpha value is -2.44. The molecule has 1 amide bonds. The van der Waals surface area contributed by atoms with Crippen molar-refractivity contribution in [2.24, 2.45) is 0 Å². The second-order valence-electron chi connectivity index (χ2n) is 6.94. The summed E-state index contributed by atoms with van der Waals surface area (Å²) in [6.07, 6.45) is -0.356. The van der Waals surface area contributed by atoms with E-state index in [0.29, 0.717) is 48.5 Å². The van der Waals surface area contributed by atoms with Crippen molar-refractivity contribution in [3.05, 3.63) is 53.1 Å². The minimum atomic E-state index is -0.775. The zero-order chi connectivity index (χ0) is 19.5. The van der Waals surface area contributed by atoms with Crippen LogP contribution in [0.15, 0.2) is 42.5 Å². The molecule has 0 aliphatic carbocycles. The fraction of sp³-hybridized carbons (Fsp3) is 0.381. The number of hydrogen-bond donors (Lipinski definition) is 1. The Kier molecular flexibility index (Phi) is 5.59. The molecule has 2 aliphatic rings. The normalized spacial score (nSPS) is 21.3. The van der Waals surface area contributed by atoms with Gasteiger partial charge >= 0.3 is 0 Å². The number of aliphatic hydroxyl groups excluding tert-OH is 1. The molecule has 0 radical (unpaired) electrons. The number of halogens is 1. The molecule has 2 aromatic carbocycles. The van der Waals surface area contributed by atoms with Crippen molar-refractivity contribution >= 4 is 17.5 Å². The van der Waals surface area contributed by atoms with Gasteiger partial charge < -0.3 is 24.2 Å². The number of aliphatic hydroxyl groups is 1. The molecule has 2 aliphatic heterocycles. The monoisotopic (exact) mass is 403 g/mol. The molecule has 0 spiro atoms. The lowest BCUT2D eigenvalue weighted by Gasteiger charge is -2.36. The highest BCUT2D eigenvalue weighted by Crippen LogP contribution is 2.40. The van der Waals surface area contributed by atoms with E-state index in [1.807, 2.05) is 24.3 Å². The van der Waals surface area contributed by atoms with Crippen LogP contribution in [-0.2, 0) is 11.2 Å². The molecule has 1 N–H and O–H groups in total. The zero-order valence-electron chi connectivity index (χ0n) is 15.3. The summed E-state index contributed by atoms with van der Waals surface area (Å²) in [4.78, 5) is 14.2. The van der Waals surface area contributed by atoms with Crippen molar-refractivity contribution in [2.75, 3.05) is 26.3 Å². The van der Waals surface area contributed by atoms with Crippen LogP contribution in [0, 0.1) is 0 Å². The van der Waals surface area contributed by atoms with Gasteiger partial charge in [0.2, 0.25) is 11.7 Å². The number of likely N-dealkylation sites (tertiary alicyclic amines) is 1. The molecule has 0 bridgehead atoms. The smallest absolute Gasteiger partial charge is 0.227 e. The van der Waals surface area contributed by atoms with Gasteiger partial charge in [-0.25, -0.2) is 0 Å². The number of amides is 1. The minimum absolute atomic E-state index is 0.0198. The fourth-order valence-corrected chi connectivity index (χ4v) is 3.59. The van der Waals surface area contributed by atoms with Gasteiger partial charge in [-0.1, -0.05) is 29.8 Å². The summed E-state index contributed by atoms with van der Waals surface area (Å²) in [6.45, 7) is 1.74. The summed E-state index contributed by atoms with van der Waals surface area (Å²) in [5.74, 6) is 1.76. The standard InChI is InChI=1S/C21H22ClNO5/c22-15-6-4-14(5-7-15)12-20(25)23-9-8-17(16(24)13-23)28-19-3-1-2-18-21(19)27-11-10-26-18/h1-7,16-17,24H,8-13H2/t16-,17-/m1/s1. The summed E-state index contributed by atoms with van der Waals surface area (Å²) < 4.78 is 17.2. The van der Waals surface area contributed by atoms with Crippen LogP contribution in [-0.4, -0.2) is 54.4 Å². The van der Waals surface area contributed by atoms with Crippen LogP contribution < -0.4 is 14.2 Å². The molecule has 1 fully saturated rings. The average Bonchev–Trinajstić information content (AvgIpc) is 2.71. The van der Waals surface area contributed by atoms with E-state index in [0.717, 1.165) is 5.56 Å². The first-order valence-electron chi connectivity index (χ1n) is 9.36. The molecule has 2 heterocycles. The number of ether oxygens (including phenoxy) is 3. The van der Waals surface area contributed by atoms with Gasteiger partial charge in [0, 0.05) is 18.0 Å². The van der Waals surface area contributed by atoms with E-state index in [-0.39, 0.29) is 18.9 Å². The number of hydrogen-bond acceptors (Lipinski definition) is 5. The van der Waals surface area contributed by atoms with E-state index in [1.165, 1.54) is 0 Å². The SMILES string of the molecule is O=C(Cc1ccc(Cl)cc1)N1CC[C@@H](Oc2cccc3c2OCCO3)[C@H](O)C1. The van der Waals surface area contributed by atoms with Crippen LogP contribution in [0.1, 0.15) is 12.0 Å². The number of para-hydroxylation sites is 1. The lowest BCUT2D eigenvalue weighted by atomic mass is 10.0. The second kappa shape index (κ2) is 8.29. The van der Waals surface area contributed by atoms with Gasteiger partial charge in [-0.3, -0.25) is 4.79 Å². The molecule has 7 heteroatoms. The Morgan fingerprint density at radius 2 is 1.96 bits per heavy atom. The third-order valence-corrected chi connectivity index (χ3v) is 5.20. The number of carbonyl (C=O) groups is 1. The van der Waals surface area contributed by atoms with Crippen LogP contribution in [0.3, 0.4) is 0 Å². The highest BCUT2D eigenvalue weighted by Gasteiger charge is 2.32. The van der Waals surface area contributed by atoms with Crippen LogP contribution in [0.4, 0.5) is 0 Å². The number of nitrogens with zero attached hydrogens (tertiary/aromatic N) is 1. The molecule has 0 saturated carbocycles. The summed E-state index contributed by atoms with van der Waals surface area (Å²) in [5, 5.41) is 11.2. The Bertz CT molecular complexity index is 841. The summed E-state index contributed by atoms with van der Waals surface area (Å²) in [5.41, 5.74) is 0.898. The predicted octanol–water partition coefficient (Wildman–Crippen LogP) is 2.69. The topological polar surface area (TPSA) is 68.2 Å². The Balaban J connectivity index is 1.36. The van der Waals surface area contributed by atoms with Crippen molar-refractivity contribution in [1.82, 2.24) is 4.90 Å². The van der Waals surface area contributed by atoms with Crippen molar-refractivity contribution in [1.29, 1.82) is 0 Å². The zero-order valence-corrected chi connectivity index (χ0v) is 16.1. The van der Waals surface area contributed by atoms with Crippen LogP contribution in [0.2, 0.25) is 5.02 Å². The van der Waals surface area contributed by atoms with Gasteiger partial charge in [-0.05, 0) is 29.8 Å². The molecule has 2 atom stereocenters. The van der Waals surface area contributed by atoms with Crippen molar-refractivity contribution in [3.8, 4) is 17.2 Å². The number of rotatable bonds is 4. The Labute approximate surface area is 168 Å². The van der Waals surface area contributed by atoms with Crippen LogP contribution in [0.25, 0.3) is 0 Å². The highest BCUT2D eigenvalue weighted by molar-refractivity contribution is 6.30. The summed E-state index contributed by atoms with van der Waals surface area (Å²) >= 11 is 5.88. The molecule has 0 unspecified atom stereocenters. The Morgan fingerprint density at radius 1 is 1.18 bits per heavy atom. The summed E-state index contributed by atoms with van der Waals surface area (Å²) in [6, 6.07) is 12.7. The molecule has 0 aromatic heterocycles. The second-order valence-corrected chi connectivity index (χ2v) is 7.37. The first-order chi connectivity index (χ1) is 13.6. The molecule has 148 valence electrons. The lowest BCUT2D eigenvalue weighted by Crippen LogP contribution is -2.51. The van der Waals surface area contributed by atoms with E-state index in [1.54, 1.807) is 23.1 Å². The predicted molar refractivity (Wildman–Crippen MR) is 104 cm³/mol. The van der Waals surface area contributed by atoms with E-state index in [9.17, 15) is 9.90 Å². The third-order valence-electron chi connectivity index (χ3n) is 4.95. The van der Waals surface area contributed by atoms with Gasteiger partial charge in [0.25, 0.3) is 0 Å². The average molecular weight is 404 g/mol. The van der Waals surface area contributed by atoms with Gasteiger partial charge in [-0.2, -0.15) is 0 Å². The summed E-state index contributed by atoms with van der Waals surface area (Å²) in [7, 11) is 0. The van der Waals surface area contributed by atoms with E-state index in [2.05, 4.69) is 0 Å². The van der Waals surface area contributed by atoms with Crippen LogP contribution >= 0.6 is 11.6 Å². The lowest BCUT2D eigenvalue weighted by molar-refractivity contribution is -0.136. The van der Waals surface area contributed by atoms with Gasteiger partial charge in [0.05, 0.1) is 13.0 Å². The molecule has 1 saturated heterocycles. The van der Waals surface area contributed by atoms with E-state index >= 15 is 0 Å². The quantitative estimate of drug-likeness (QED) is 0.850. The van der Waals surface area contributed by atoms with E-state index in [4.69, 9.17) is 25.8 Å². The molecular weight excluding hydrogens is 382 g/mol. The molecule has 2 aromatic rings. The van der Waals surface area contributed by atoms with Gasteiger partial charge in [0.15, 0.2) is 11.5 Å². The maximum Gasteiger partial charge on any atom is 0.227 e. The van der Waals surface area contributed by atoms with Crippen LogP contribution in [0.5, 0.6) is 17.2 Å². The first-order valence-corrected chi connectivity index (χ1v) is 9.73. The van der Waals surface area contributed by atoms with Crippen molar-refractivity contribution < 1.29 is 24.1 Å².